The van der Waals surface area contributed by atoms with E-state index >= 15 is 0 Å². The molecule has 0 radical (unpaired) electrons. The second kappa shape index (κ2) is 11.7. The highest BCUT2D eigenvalue weighted by Gasteiger charge is 2.26. The van der Waals surface area contributed by atoms with Gasteiger partial charge in [-0.3, -0.25) is 19.6 Å². The minimum atomic E-state index is -4.46. The van der Waals surface area contributed by atoms with Crippen LogP contribution >= 0.6 is 23.2 Å². The van der Waals surface area contributed by atoms with E-state index in [-0.39, 0.29) is 11.4 Å². The number of hydrogen-bond acceptors (Lipinski definition) is 8. The van der Waals surface area contributed by atoms with Gasteiger partial charge in [0.25, 0.3) is 21.6 Å². The number of sulfonamides is 1. The molecule has 11 nitrogen and oxygen atoms in total. The topological polar surface area (TPSA) is 145 Å². The molecular weight excluding hydrogens is 581 g/mol. The zero-order valence-electron chi connectivity index (χ0n) is 21.7. The lowest BCUT2D eigenvalue weighted by atomic mass is 10.1. The molecule has 0 saturated heterocycles. The summed E-state index contributed by atoms with van der Waals surface area (Å²) in [6, 6.07) is 11.8. The SMILES string of the molecule is CNc1ccc(S(=O)(=O)NC(=O)c2nn(CCCOc3cc(C)c(Cl)c(C)c3)c3ccc(Cl)cc23)cc1[N+](=O)[O-]. The second-order valence-corrected chi connectivity index (χ2v) is 11.4. The molecule has 4 aromatic rings. The van der Waals surface area contributed by atoms with Crippen molar-refractivity contribution in [2.24, 2.45) is 0 Å². The van der Waals surface area contributed by atoms with E-state index in [0.717, 1.165) is 23.3 Å². The van der Waals surface area contributed by atoms with Gasteiger partial charge in [0.05, 0.1) is 21.9 Å². The van der Waals surface area contributed by atoms with Crippen molar-refractivity contribution in [2.75, 3.05) is 19.0 Å². The number of hydrogen-bond donors (Lipinski definition) is 2. The van der Waals surface area contributed by atoms with Gasteiger partial charge in [-0.1, -0.05) is 23.2 Å². The predicted molar refractivity (Wildman–Crippen MR) is 153 cm³/mol. The first-order valence-corrected chi connectivity index (χ1v) is 14.2. The molecule has 4 rings (SSSR count). The van der Waals surface area contributed by atoms with E-state index in [1.165, 1.54) is 19.2 Å². The molecule has 0 saturated carbocycles. The highest BCUT2D eigenvalue weighted by Crippen LogP contribution is 2.29. The minimum Gasteiger partial charge on any atom is -0.494 e. The van der Waals surface area contributed by atoms with Crippen molar-refractivity contribution in [3.8, 4) is 5.75 Å². The number of benzene rings is 3. The molecule has 2 N–H and O–H groups in total. The first-order valence-electron chi connectivity index (χ1n) is 12.0. The number of aryl methyl sites for hydroxylation is 3. The number of nitrogens with one attached hydrogen (secondary N) is 2. The van der Waals surface area contributed by atoms with Gasteiger partial charge in [-0.15, -0.1) is 0 Å². The number of nitrogens with zero attached hydrogens (tertiary/aromatic N) is 3. The smallest absolute Gasteiger partial charge is 0.293 e. The van der Waals surface area contributed by atoms with Gasteiger partial charge in [0.15, 0.2) is 5.69 Å². The van der Waals surface area contributed by atoms with Crippen LogP contribution in [0.2, 0.25) is 10.0 Å². The molecule has 14 heteroatoms. The van der Waals surface area contributed by atoms with Crippen molar-refractivity contribution in [1.29, 1.82) is 0 Å². The molecule has 0 spiro atoms. The Kier molecular flexibility index (Phi) is 8.52. The maximum absolute atomic E-state index is 13.1. The third kappa shape index (κ3) is 6.14. The molecule has 0 fully saturated rings. The Morgan fingerprint density at radius 3 is 2.45 bits per heavy atom. The number of carbonyl (C=O) groups is 1. The first-order chi connectivity index (χ1) is 18.9. The van der Waals surface area contributed by atoms with Crippen LogP contribution in [-0.4, -0.2) is 42.7 Å². The lowest BCUT2D eigenvalue weighted by Crippen LogP contribution is -2.31. The fourth-order valence-corrected chi connectivity index (χ4v) is 5.41. The van der Waals surface area contributed by atoms with E-state index in [2.05, 4.69) is 10.4 Å². The predicted octanol–water partition coefficient (Wildman–Crippen LogP) is 5.50. The van der Waals surface area contributed by atoms with Gasteiger partial charge in [0.1, 0.15) is 11.4 Å². The molecule has 0 atom stereocenters. The van der Waals surface area contributed by atoms with Crippen molar-refractivity contribution in [1.82, 2.24) is 14.5 Å². The molecule has 1 heterocycles. The highest BCUT2D eigenvalue weighted by molar-refractivity contribution is 7.90. The third-order valence-electron chi connectivity index (χ3n) is 6.09. The van der Waals surface area contributed by atoms with Gasteiger partial charge < -0.3 is 10.1 Å². The summed E-state index contributed by atoms with van der Waals surface area (Å²) in [5.74, 6) is -0.320. The van der Waals surface area contributed by atoms with Gasteiger partial charge in [-0.2, -0.15) is 5.10 Å². The van der Waals surface area contributed by atoms with Crippen LogP contribution in [0.3, 0.4) is 0 Å². The number of carbonyl (C=O) groups excluding carboxylic acids is 1. The average Bonchev–Trinajstić information content (AvgIpc) is 3.26. The number of aromatic nitrogens is 2. The normalized spacial score (nSPS) is 11.4. The molecule has 0 aliphatic carbocycles. The van der Waals surface area contributed by atoms with E-state index in [1.54, 1.807) is 16.8 Å². The van der Waals surface area contributed by atoms with Crippen LogP contribution in [0.4, 0.5) is 11.4 Å². The van der Waals surface area contributed by atoms with Crippen LogP contribution in [-0.2, 0) is 16.6 Å². The lowest BCUT2D eigenvalue weighted by Gasteiger charge is -2.10. The van der Waals surface area contributed by atoms with E-state index in [4.69, 9.17) is 27.9 Å². The van der Waals surface area contributed by atoms with Crippen LogP contribution in [0.15, 0.2) is 53.4 Å². The summed E-state index contributed by atoms with van der Waals surface area (Å²) in [6.45, 7) is 4.51. The van der Waals surface area contributed by atoms with Gasteiger partial charge in [0, 0.05) is 41.5 Å². The fraction of sp³-hybridized carbons (Fsp3) is 0.231. The summed E-state index contributed by atoms with van der Waals surface area (Å²) in [5, 5.41) is 19.7. The van der Waals surface area contributed by atoms with E-state index in [9.17, 15) is 23.3 Å². The second-order valence-electron chi connectivity index (χ2n) is 8.93. The summed E-state index contributed by atoms with van der Waals surface area (Å²) >= 11 is 12.4. The zero-order chi connectivity index (χ0) is 29.2. The lowest BCUT2D eigenvalue weighted by molar-refractivity contribution is -0.384. The monoisotopic (exact) mass is 605 g/mol. The number of nitro benzene ring substituents is 1. The minimum absolute atomic E-state index is 0.125. The quantitative estimate of drug-likeness (QED) is 0.137. The largest absolute Gasteiger partial charge is 0.494 e. The Morgan fingerprint density at radius 1 is 1.10 bits per heavy atom. The number of halogens is 2. The molecule has 0 unspecified atom stereocenters. The van der Waals surface area contributed by atoms with Crippen LogP contribution in [0.1, 0.15) is 28.0 Å². The Bertz CT molecular complexity index is 1720. The first kappa shape index (κ1) is 29.1. The van der Waals surface area contributed by atoms with Gasteiger partial charge in [0.2, 0.25) is 0 Å². The van der Waals surface area contributed by atoms with E-state index in [0.29, 0.717) is 46.3 Å². The highest BCUT2D eigenvalue weighted by atomic mass is 35.5. The van der Waals surface area contributed by atoms with Crippen molar-refractivity contribution in [3.63, 3.8) is 0 Å². The van der Waals surface area contributed by atoms with Crippen molar-refractivity contribution >= 4 is 61.4 Å². The summed E-state index contributed by atoms with van der Waals surface area (Å²) in [7, 11) is -2.99. The number of fused-ring (bicyclic) bond motifs is 1. The Labute approximate surface area is 240 Å². The molecule has 1 amide bonds. The van der Waals surface area contributed by atoms with Gasteiger partial charge in [-0.25, -0.2) is 13.1 Å². The van der Waals surface area contributed by atoms with Crippen molar-refractivity contribution < 1.29 is 22.9 Å². The van der Waals surface area contributed by atoms with Gasteiger partial charge >= 0.3 is 0 Å². The molecule has 210 valence electrons. The molecular formula is C26H25Cl2N5O6S. The number of nitro groups is 1. The van der Waals surface area contributed by atoms with Crippen LogP contribution < -0.4 is 14.8 Å². The molecule has 0 aliphatic heterocycles. The van der Waals surface area contributed by atoms with Crippen LogP contribution in [0, 0.1) is 24.0 Å². The number of rotatable bonds is 10. The third-order valence-corrected chi connectivity index (χ3v) is 8.25. The molecule has 0 aliphatic rings. The fourth-order valence-electron chi connectivity index (χ4n) is 4.15. The summed E-state index contributed by atoms with van der Waals surface area (Å²) < 4.78 is 35.3. The summed E-state index contributed by atoms with van der Waals surface area (Å²) in [6.07, 6.45) is 0.529. The molecule has 1 aromatic heterocycles. The Hall–Kier alpha value is -3.87. The van der Waals surface area contributed by atoms with Crippen LogP contribution in [0.25, 0.3) is 10.9 Å². The average molecular weight is 606 g/mol. The maximum Gasteiger partial charge on any atom is 0.293 e. The standard InChI is InChI=1S/C26H25Cl2N5O6S/c1-15-11-18(12-16(2)24(15)28)39-10-4-9-32-22-8-5-17(27)13-20(22)25(30-32)26(34)31-40(37,38)19-6-7-21(29-3)23(14-19)33(35)36/h5-8,11-14,29H,4,9-10H2,1-3H3,(H,31,34). The summed E-state index contributed by atoms with van der Waals surface area (Å²) in [4.78, 5) is 23.3. The number of anilines is 1. The van der Waals surface area contributed by atoms with E-state index in [1.807, 2.05) is 30.7 Å². The molecule has 3 aromatic carbocycles. The molecule has 0 bridgehead atoms. The van der Waals surface area contributed by atoms with Crippen molar-refractivity contribution in [2.45, 2.75) is 31.7 Å². The van der Waals surface area contributed by atoms with Gasteiger partial charge in [-0.05, 0) is 67.4 Å². The number of amides is 1. The zero-order valence-corrected chi connectivity index (χ0v) is 24.0. The van der Waals surface area contributed by atoms with Crippen LogP contribution in [0.5, 0.6) is 5.75 Å². The maximum atomic E-state index is 13.1. The molecule has 40 heavy (non-hydrogen) atoms. The Balaban J connectivity index is 1.54. The number of ether oxygens (including phenoxy) is 1. The Morgan fingerprint density at radius 2 is 1.80 bits per heavy atom. The van der Waals surface area contributed by atoms with E-state index < -0.39 is 31.4 Å². The summed E-state index contributed by atoms with van der Waals surface area (Å²) in [5.41, 5.74) is 1.89. The van der Waals surface area contributed by atoms with Crippen molar-refractivity contribution in [3.05, 3.63) is 85.5 Å².